The lowest BCUT2D eigenvalue weighted by atomic mass is 10.1. The molecule has 0 unspecified atom stereocenters. The summed E-state index contributed by atoms with van der Waals surface area (Å²) in [5, 5.41) is 4.22. The monoisotopic (exact) mass is 358 g/mol. The Balaban J connectivity index is 1.64. The number of methoxy groups -OCH3 is 1. The highest BCUT2D eigenvalue weighted by molar-refractivity contribution is 5.78. The predicted molar refractivity (Wildman–Crippen MR) is 99.0 cm³/mol. The average Bonchev–Trinajstić information content (AvgIpc) is 3.18. The molecule has 0 bridgehead atoms. The molecule has 1 aliphatic heterocycles. The molecule has 0 aliphatic carbocycles. The smallest absolute Gasteiger partial charge is 0.260 e. The van der Waals surface area contributed by atoms with Crippen LogP contribution in [0, 0.1) is 13.8 Å². The topological polar surface area (TPSA) is 82.6 Å². The number of aryl methyl sites for hydroxylation is 2. The van der Waals surface area contributed by atoms with Crippen molar-refractivity contribution in [2.75, 3.05) is 26.0 Å². The van der Waals surface area contributed by atoms with Gasteiger partial charge in [0.1, 0.15) is 11.6 Å². The fourth-order valence-corrected chi connectivity index (χ4v) is 3.46. The first-order valence-corrected chi connectivity index (χ1v) is 8.77. The summed E-state index contributed by atoms with van der Waals surface area (Å²) in [4.78, 5) is 14.6. The second-order valence-corrected chi connectivity index (χ2v) is 6.87. The minimum atomic E-state index is -0.0474. The number of benzene rings is 1. The minimum Gasteiger partial charge on any atom is -0.484 e. The van der Waals surface area contributed by atoms with Gasteiger partial charge in [-0.2, -0.15) is 5.10 Å². The zero-order chi connectivity index (χ0) is 18.7. The second-order valence-electron chi connectivity index (χ2n) is 6.87. The van der Waals surface area contributed by atoms with Gasteiger partial charge in [-0.25, -0.2) is 0 Å². The number of anilines is 1. The minimum absolute atomic E-state index is 0.00888. The third kappa shape index (κ3) is 4.35. The summed E-state index contributed by atoms with van der Waals surface area (Å²) in [7, 11) is 1.67. The number of carbonyl (C=O) groups is 1. The van der Waals surface area contributed by atoms with Crippen molar-refractivity contribution in [3.8, 4) is 5.75 Å². The molecule has 7 nitrogen and oxygen atoms in total. The summed E-state index contributed by atoms with van der Waals surface area (Å²) < 4.78 is 13.0. The van der Waals surface area contributed by atoms with Crippen molar-refractivity contribution in [3.63, 3.8) is 0 Å². The third-order valence-electron chi connectivity index (χ3n) is 4.65. The first-order chi connectivity index (χ1) is 12.4. The molecule has 2 atom stereocenters. The predicted octanol–water partition coefficient (Wildman–Crippen LogP) is 1.78. The Kier molecular flexibility index (Phi) is 5.46. The number of carbonyl (C=O) groups excluding carboxylic acids is 1. The van der Waals surface area contributed by atoms with E-state index in [2.05, 4.69) is 11.2 Å². The summed E-state index contributed by atoms with van der Waals surface area (Å²) in [6, 6.07) is 7.70. The number of hydrogen-bond donors (Lipinski definition) is 1. The lowest BCUT2D eigenvalue weighted by Gasteiger charge is -2.24. The van der Waals surface area contributed by atoms with Crippen molar-refractivity contribution >= 4 is 11.7 Å². The van der Waals surface area contributed by atoms with Crippen LogP contribution in [0.4, 0.5) is 5.82 Å². The fraction of sp³-hybridized carbons (Fsp3) is 0.474. The maximum atomic E-state index is 12.7. The molecule has 2 aromatic rings. The van der Waals surface area contributed by atoms with Gasteiger partial charge in [0, 0.05) is 19.9 Å². The maximum Gasteiger partial charge on any atom is 0.260 e. The summed E-state index contributed by atoms with van der Waals surface area (Å²) in [5.41, 5.74) is 7.91. The quantitative estimate of drug-likeness (QED) is 0.851. The Labute approximate surface area is 153 Å². The molecule has 2 N–H and O–H groups in total. The van der Waals surface area contributed by atoms with Gasteiger partial charge in [0.2, 0.25) is 0 Å². The Morgan fingerprint density at radius 3 is 2.65 bits per heavy atom. The average molecular weight is 358 g/mol. The van der Waals surface area contributed by atoms with Gasteiger partial charge in [-0.1, -0.05) is 6.07 Å². The highest BCUT2D eigenvalue weighted by Crippen LogP contribution is 2.23. The van der Waals surface area contributed by atoms with E-state index in [0.29, 0.717) is 18.9 Å². The van der Waals surface area contributed by atoms with Crippen molar-refractivity contribution in [2.24, 2.45) is 0 Å². The number of nitrogens with two attached hydrogens (primary N) is 1. The van der Waals surface area contributed by atoms with Gasteiger partial charge in [0.15, 0.2) is 6.61 Å². The van der Waals surface area contributed by atoms with E-state index in [1.165, 1.54) is 0 Å². The maximum absolute atomic E-state index is 12.7. The van der Waals surface area contributed by atoms with Crippen LogP contribution < -0.4 is 10.5 Å². The van der Waals surface area contributed by atoms with Gasteiger partial charge in [0.05, 0.1) is 18.7 Å². The SMILES string of the molecule is CO[C@H]1C[C@@H](Cn2ccc(N)n2)N(C(=O)COc2cc(C)cc(C)c2)C1. The summed E-state index contributed by atoms with van der Waals surface area (Å²) >= 11 is 0. The van der Waals surface area contributed by atoms with E-state index in [4.69, 9.17) is 15.2 Å². The van der Waals surface area contributed by atoms with Gasteiger partial charge >= 0.3 is 0 Å². The molecule has 7 heteroatoms. The van der Waals surface area contributed by atoms with Gasteiger partial charge in [0.25, 0.3) is 5.91 Å². The van der Waals surface area contributed by atoms with Crippen molar-refractivity contribution in [2.45, 2.75) is 39.0 Å². The first-order valence-electron chi connectivity index (χ1n) is 8.77. The number of amides is 1. The van der Waals surface area contributed by atoms with E-state index < -0.39 is 0 Å². The number of aromatic nitrogens is 2. The Morgan fingerprint density at radius 1 is 1.31 bits per heavy atom. The highest BCUT2D eigenvalue weighted by atomic mass is 16.5. The number of rotatable bonds is 6. The highest BCUT2D eigenvalue weighted by Gasteiger charge is 2.35. The van der Waals surface area contributed by atoms with Crippen LogP contribution in [-0.4, -0.2) is 53.0 Å². The van der Waals surface area contributed by atoms with Crippen molar-refractivity contribution in [3.05, 3.63) is 41.6 Å². The molecule has 1 fully saturated rings. The summed E-state index contributed by atoms with van der Waals surface area (Å²) in [6.07, 6.45) is 2.62. The Morgan fingerprint density at radius 2 is 2.04 bits per heavy atom. The number of hydrogen-bond acceptors (Lipinski definition) is 5. The van der Waals surface area contributed by atoms with E-state index in [9.17, 15) is 4.79 Å². The second kappa shape index (κ2) is 7.78. The van der Waals surface area contributed by atoms with Crippen molar-refractivity contribution in [1.29, 1.82) is 0 Å². The van der Waals surface area contributed by atoms with Crippen LogP contribution >= 0.6 is 0 Å². The molecular weight excluding hydrogens is 332 g/mol. The van der Waals surface area contributed by atoms with E-state index in [1.54, 1.807) is 17.9 Å². The molecule has 3 rings (SSSR count). The van der Waals surface area contributed by atoms with Crippen LogP contribution in [0.15, 0.2) is 30.5 Å². The molecule has 1 amide bonds. The molecule has 0 spiro atoms. The Bertz CT molecular complexity index is 754. The van der Waals surface area contributed by atoms with Gasteiger partial charge in [-0.3, -0.25) is 9.48 Å². The molecule has 2 heterocycles. The lowest BCUT2D eigenvalue weighted by molar-refractivity contribution is -0.134. The number of nitrogens with zero attached hydrogens (tertiary/aromatic N) is 3. The van der Waals surface area contributed by atoms with Crippen molar-refractivity contribution < 1.29 is 14.3 Å². The molecular formula is C19H26N4O3. The molecule has 1 aromatic heterocycles. The molecule has 1 aliphatic rings. The van der Waals surface area contributed by atoms with Gasteiger partial charge in [-0.05, 0) is 49.6 Å². The van der Waals surface area contributed by atoms with Crippen LogP contribution in [0.2, 0.25) is 0 Å². The molecule has 1 aromatic carbocycles. The molecule has 0 saturated carbocycles. The third-order valence-corrected chi connectivity index (χ3v) is 4.65. The first kappa shape index (κ1) is 18.3. The Hall–Kier alpha value is -2.54. The van der Waals surface area contributed by atoms with Crippen LogP contribution in [0.1, 0.15) is 17.5 Å². The normalized spacial score (nSPS) is 19.7. The van der Waals surface area contributed by atoms with Crippen LogP contribution in [0.3, 0.4) is 0 Å². The van der Waals surface area contributed by atoms with Gasteiger partial charge < -0.3 is 20.1 Å². The summed E-state index contributed by atoms with van der Waals surface area (Å²) in [6.45, 7) is 5.19. The van der Waals surface area contributed by atoms with E-state index in [1.807, 2.05) is 37.1 Å². The standard InChI is InChI=1S/C19H26N4O3/c1-13-6-14(2)8-16(7-13)26-12-19(24)23-11-17(25-3)9-15(23)10-22-5-4-18(20)21-22/h4-8,15,17H,9-12H2,1-3H3,(H2,20,21)/t15-,17-/m0/s1. The number of ether oxygens (including phenoxy) is 2. The number of nitrogen functional groups attached to an aromatic ring is 1. The molecule has 0 radical (unpaired) electrons. The van der Waals surface area contributed by atoms with E-state index >= 15 is 0 Å². The molecule has 26 heavy (non-hydrogen) atoms. The molecule has 140 valence electrons. The van der Waals surface area contributed by atoms with Crippen molar-refractivity contribution in [1.82, 2.24) is 14.7 Å². The van der Waals surface area contributed by atoms with E-state index in [0.717, 1.165) is 23.3 Å². The van der Waals surface area contributed by atoms with Crippen LogP contribution in [-0.2, 0) is 16.1 Å². The zero-order valence-electron chi connectivity index (χ0n) is 15.5. The van der Waals surface area contributed by atoms with Crippen LogP contribution in [0.5, 0.6) is 5.75 Å². The number of likely N-dealkylation sites (tertiary alicyclic amines) is 1. The largest absolute Gasteiger partial charge is 0.484 e. The summed E-state index contributed by atoms with van der Waals surface area (Å²) in [5.74, 6) is 1.14. The van der Waals surface area contributed by atoms with Gasteiger partial charge in [-0.15, -0.1) is 0 Å². The zero-order valence-corrected chi connectivity index (χ0v) is 15.5. The van der Waals surface area contributed by atoms with E-state index in [-0.39, 0.29) is 24.7 Å². The lowest BCUT2D eigenvalue weighted by Crippen LogP contribution is -2.41. The fourth-order valence-electron chi connectivity index (χ4n) is 3.46. The van der Waals surface area contributed by atoms with Crippen LogP contribution in [0.25, 0.3) is 0 Å². The molecule has 1 saturated heterocycles.